The SMILES string of the molecule is CC[C@@H](N)c1ccccc1OC1CS(=O)(=O)CC1O. The highest BCUT2D eigenvalue weighted by atomic mass is 32.2. The maximum atomic E-state index is 11.5. The Kier molecular flexibility index (Phi) is 4.13. The van der Waals surface area contributed by atoms with Crippen LogP contribution in [0.25, 0.3) is 0 Å². The van der Waals surface area contributed by atoms with Crippen molar-refractivity contribution >= 4 is 9.84 Å². The average Bonchev–Trinajstić information content (AvgIpc) is 2.62. The zero-order chi connectivity index (χ0) is 14.0. The van der Waals surface area contributed by atoms with Crippen LogP contribution in [0.15, 0.2) is 24.3 Å². The van der Waals surface area contributed by atoms with Gasteiger partial charge in [0.15, 0.2) is 9.84 Å². The number of para-hydroxylation sites is 1. The van der Waals surface area contributed by atoms with Gasteiger partial charge in [-0.2, -0.15) is 0 Å². The Morgan fingerprint density at radius 1 is 1.42 bits per heavy atom. The zero-order valence-corrected chi connectivity index (χ0v) is 11.6. The molecule has 0 bridgehead atoms. The van der Waals surface area contributed by atoms with Crippen LogP contribution in [0.3, 0.4) is 0 Å². The summed E-state index contributed by atoms with van der Waals surface area (Å²) in [4.78, 5) is 0. The molecule has 19 heavy (non-hydrogen) atoms. The minimum absolute atomic E-state index is 0.149. The summed E-state index contributed by atoms with van der Waals surface area (Å²) in [6, 6.07) is 7.12. The number of sulfone groups is 1. The molecule has 3 atom stereocenters. The van der Waals surface area contributed by atoms with Gasteiger partial charge < -0.3 is 15.6 Å². The van der Waals surface area contributed by atoms with E-state index in [9.17, 15) is 13.5 Å². The molecule has 0 amide bonds. The minimum atomic E-state index is -3.21. The summed E-state index contributed by atoms with van der Waals surface area (Å²) >= 11 is 0. The molecule has 1 fully saturated rings. The van der Waals surface area contributed by atoms with Crippen LogP contribution in [-0.2, 0) is 9.84 Å². The van der Waals surface area contributed by atoms with Crippen LogP contribution < -0.4 is 10.5 Å². The van der Waals surface area contributed by atoms with E-state index in [1.54, 1.807) is 12.1 Å². The molecule has 1 aliphatic heterocycles. The molecule has 1 heterocycles. The van der Waals surface area contributed by atoms with Crippen molar-refractivity contribution in [3.8, 4) is 5.75 Å². The number of benzene rings is 1. The quantitative estimate of drug-likeness (QED) is 0.847. The normalized spacial score (nSPS) is 27.1. The molecule has 1 aromatic rings. The molecular formula is C13H19NO4S. The molecule has 0 aromatic heterocycles. The lowest BCUT2D eigenvalue weighted by atomic mass is 10.0. The van der Waals surface area contributed by atoms with Gasteiger partial charge in [-0.25, -0.2) is 8.42 Å². The van der Waals surface area contributed by atoms with Crippen molar-refractivity contribution in [2.45, 2.75) is 31.6 Å². The Balaban J connectivity index is 2.20. The molecule has 1 saturated heterocycles. The van der Waals surface area contributed by atoms with Crippen molar-refractivity contribution in [3.63, 3.8) is 0 Å². The maximum absolute atomic E-state index is 11.5. The number of nitrogens with two attached hydrogens (primary N) is 1. The first kappa shape index (κ1) is 14.3. The van der Waals surface area contributed by atoms with Gasteiger partial charge in [0.2, 0.25) is 0 Å². The Bertz CT molecular complexity index is 543. The highest BCUT2D eigenvalue weighted by Crippen LogP contribution is 2.28. The van der Waals surface area contributed by atoms with Gasteiger partial charge in [0.1, 0.15) is 18.0 Å². The van der Waals surface area contributed by atoms with Crippen molar-refractivity contribution in [1.82, 2.24) is 0 Å². The lowest BCUT2D eigenvalue weighted by molar-refractivity contribution is 0.0728. The Labute approximate surface area is 113 Å². The van der Waals surface area contributed by atoms with Crippen molar-refractivity contribution in [2.24, 2.45) is 5.73 Å². The third-order valence-corrected chi connectivity index (χ3v) is 4.99. The fourth-order valence-corrected chi connectivity index (χ4v) is 3.85. The third kappa shape index (κ3) is 3.26. The van der Waals surface area contributed by atoms with Crippen LogP contribution in [0.4, 0.5) is 0 Å². The number of hydrogen-bond donors (Lipinski definition) is 2. The average molecular weight is 285 g/mol. The van der Waals surface area contributed by atoms with Crippen molar-refractivity contribution in [2.75, 3.05) is 11.5 Å². The predicted octanol–water partition coefficient (Wildman–Crippen LogP) is 0.633. The van der Waals surface area contributed by atoms with E-state index in [1.165, 1.54) is 0 Å². The van der Waals surface area contributed by atoms with Crippen LogP contribution in [-0.4, -0.2) is 37.2 Å². The summed E-state index contributed by atoms with van der Waals surface area (Å²) in [6.07, 6.45) is -0.933. The van der Waals surface area contributed by atoms with Crippen molar-refractivity contribution < 1.29 is 18.3 Å². The first-order valence-corrected chi connectivity index (χ1v) is 8.14. The highest BCUT2D eigenvalue weighted by Gasteiger charge is 2.38. The van der Waals surface area contributed by atoms with Crippen molar-refractivity contribution in [1.29, 1.82) is 0 Å². The summed E-state index contributed by atoms with van der Waals surface area (Å²) in [6.45, 7) is 1.97. The van der Waals surface area contributed by atoms with Gasteiger partial charge in [0, 0.05) is 11.6 Å². The van der Waals surface area contributed by atoms with E-state index < -0.39 is 22.0 Å². The first-order valence-electron chi connectivity index (χ1n) is 6.32. The van der Waals surface area contributed by atoms with Crippen LogP contribution >= 0.6 is 0 Å². The summed E-state index contributed by atoms with van der Waals surface area (Å²) in [5.74, 6) is 0.168. The number of ether oxygens (including phenoxy) is 1. The van der Waals surface area contributed by atoms with E-state index in [1.807, 2.05) is 19.1 Å². The molecular weight excluding hydrogens is 266 g/mol. The number of aliphatic hydroxyl groups excluding tert-OH is 1. The smallest absolute Gasteiger partial charge is 0.156 e. The predicted molar refractivity (Wildman–Crippen MR) is 72.7 cm³/mol. The molecule has 106 valence electrons. The molecule has 2 rings (SSSR count). The number of hydrogen-bond acceptors (Lipinski definition) is 5. The largest absolute Gasteiger partial charge is 0.486 e. The molecule has 6 heteroatoms. The van der Waals surface area contributed by atoms with Gasteiger partial charge in [-0.05, 0) is 12.5 Å². The second-order valence-corrected chi connectivity index (χ2v) is 7.01. The van der Waals surface area contributed by atoms with Gasteiger partial charge >= 0.3 is 0 Å². The Hall–Kier alpha value is -1.11. The summed E-state index contributed by atoms with van der Waals surface area (Å²) in [7, 11) is -3.21. The van der Waals surface area contributed by atoms with Crippen LogP contribution in [0, 0.1) is 0 Å². The third-order valence-electron chi connectivity index (χ3n) is 3.31. The van der Waals surface area contributed by atoms with Crippen LogP contribution in [0.1, 0.15) is 24.9 Å². The van der Waals surface area contributed by atoms with E-state index in [4.69, 9.17) is 10.5 Å². The van der Waals surface area contributed by atoms with Gasteiger partial charge in [-0.1, -0.05) is 25.1 Å². The molecule has 2 unspecified atom stereocenters. The van der Waals surface area contributed by atoms with Crippen molar-refractivity contribution in [3.05, 3.63) is 29.8 Å². The molecule has 1 aromatic carbocycles. The molecule has 5 nitrogen and oxygen atoms in total. The second kappa shape index (κ2) is 5.48. The molecule has 0 saturated carbocycles. The standard InChI is InChI=1S/C13H19NO4S/c1-2-10(14)9-5-3-4-6-12(9)18-13-8-19(16,17)7-11(13)15/h3-6,10-11,13,15H,2,7-8,14H2,1H3/t10-,11?,13?/m1/s1. The molecule has 0 aliphatic carbocycles. The number of aliphatic hydroxyl groups is 1. The number of rotatable bonds is 4. The lowest BCUT2D eigenvalue weighted by Crippen LogP contribution is -2.30. The maximum Gasteiger partial charge on any atom is 0.156 e. The monoisotopic (exact) mass is 285 g/mol. The van der Waals surface area contributed by atoms with Gasteiger partial charge in [-0.15, -0.1) is 0 Å². The molecule has 3 N–H and O–H groups in total. The van der Waals surface area contributed by atoms with Gasteiger partial charge in [-0.3, -0.25) is 0 Å². The second-order valence-electron chi connectivity index (χ2n) is 4.85. The summed E-state index contributed by atoms with van der Waals surface area (Å²) in [5.41, 5.74) is 6.83. The zero-order valence-electron chi connectivity index (χ0n) is 10.8. The van der Waals surface area contributed by atoms with E-state index in [0.29, 0.717) is 5.75 Å². The Morgan fingerprint density at radius 2 is 2.11 bits per heavy atom. The highest BCUT2D eigenvalue weighted by molar-refractivity contribution is 7.91. The summed E-state index contributed by atoms with van der Waals surface area (Å²) in [5, 5.41) is 9.74. The van der Waals surface area contributed by atoms with Crippen LogP contribution in [0.2, 0.25) is 0 Å². The molecule has 1 aliphatic rings. The molecule has 0 radical (unpaired) electrons. The molecule has 0 spiro atoms. The summed E-state index contributed by atoms with van der Waals surface area (Å²) < 4.78 is 28.6. The van der Waals surface area contributed by atoms with E-state index in [0.717, 1.165) is 12.0 Å². The fraction of sp³-hybridized carbons (Fsp3) is 0.538. The van der Waals surface area contributed by atoms with Gasteiger partial charge in [0.05, 0.1) is 11.5 Å². The first-order chi connectivity index (χ1) is 8.93. The minimum Gasteiger partial charge on any atom is -0.486 e. The topological polar surface area (TPSA) is 89.6 Å². The fourth-order valence-electron chi connectivity index (χ4n) is 2.19. The lowest BCUT2D eigenvalue weighted by Gasteiger charge is -2.20. The van der Waals surface area contributed by atoms with E-state index in [-0.39, 0.29) is 17.5 Å². The van der Waals surface area contributed by atoms with E-state index >= 15 is 0 Å². The van der Waals surface area contributed by atoms with Gasteiger partial charge in [0.25, 0.3) is 0 Å². The van der Waals surface area contributed by atoms with E-state index in [2.05, 4.69) is 0 Å². The Morgan fingerprint density at radius 3 is 2.68 bits per heavy atom. The van der Waals surface area contributed by atoms with Crippen LogP contribution in [0.5, 0.6) is 5.75 Å².